The van der Waals surface area contributed by atoms with Crippen molar-refractivity contribution in [1.29, 1.82) is 0 Å². The van der Waals surface area contributed by atoms with Crippen molar-refractivity contribution in [3.05, 3.63) is 0 Å². The first kappa shape index (κ1) is 16.7. The van der Waals surface area contributed by atoms with E-state index >= 15 is 0 Å². The molecule has 1 aliphatic carbocycles. The Morgan fingerprint density at radius 2 is 1.95 bits per heavy atom. The van der Waals surface area contributed by atoms with E-state index in [1.165, 1.54) is 0 Å². The molecule has 0 bridgehead atoms. The molecule has 122 valence electrons. The fourth-order valence-corrected chi connectivity index (χ4v) is 4.40. The zero-order valence-electron chi connectivity index (χ0n) is 12.8. The Morgan fingerprint density at radius 1 is 1.38 bits per heavy atom. The summed E-state index contributed by atoms with van der Waals surface area (Å²) >= 11 is 0. The van der Waals surface area contributed by atoms with Crippen molar-refractivity contribution in [3.63, 3.8) is 0 Å². The van der Waals surface area contributed by atoms with Crippen LogP contribution in [0.3, 0.4) is 0 Å². The summed E-state index contributed by atoms with van der Waals surface area (Å²) in [6.07, 6.45) is 1.79. The molecular formula is C14H26N2O4S. The van der Waals surface area contributed by atoms with Crippen LogP contribution in [0.25, 0.3) is 0 Å². The Kier molecular flexibility index (Phi) is 5.27. The van der Waals surface area contributed by atoms with Gasteiger partial charge in [0.15, 0.2) is 0 Å². The molecule has 0 aromatic rings. The zero-order chi connectivity index (χ0) is 15.6. The van der Waals surface area contributed by atoms with Gasteiger partial charge in [0.25, 0.3) is 0 Å². The highest BCUT2D eigenvalue weighted by Gasteiger charge is 2.42. The fraction of sp³-hybridized carbons (Fsp3) is 0.929. The smallest absolute Gasteiger partial charge is 0.225 e. The molecule has 0 radical (unpaired) electrons. The number of hydrogen-bond acceptors (Lipinski definition) is 4. The van der Waals surface area contributed by atoms with Gasteiger partial charge in [-0.1, -0.05) is 6.92 Å². The van der Waals surface area contributed by atoms with Gasteiger partial charge < -0.3 is 10.0 Å². The first-order chi connectivity index (χ1) is 9.78. The number of rotatable bonds is 6. The first-order valence-corrected chi connectivity index (χ1v) is 9.38. The molecule has 1 saturated carbocycles. The maximum absolute atomic E-state index is 12.1. The standard InChI is InChI=1S/C14H26N2O4S/c1-10-7-13(10)14(18)16-5-3-12(4-6-16)9-21(19,20)15-8-11(2)17/h10-13,15,17H,3-9H2,1-2H3. The molecule has 0 aromatic heterocycles. The van der Waals surface area contributed by atoms with Crippen molar-refractivity contribution in [2.24, 2.45) is 17.8 Å². The van der Waals surface area contributed by atoms with E-state index in [0.717, 1.165) is 19.3 Å². The van der Waals surface area contributed by atoms with Crippen LogP contribution in [0.2, 0.25) is 0 Å². The molecule has 2 fully saturated rings. The average molecular weight is 318 g/mol. The number of amides is 1. The van der Waals surface area contributed by atoms with E-state index < -0.39 is 16.1 Å². The number of carbonyl (C=O) groups is 1. The highest BCUT2D eigenvalue weighted by atomic mass is 32.2. The lowest BCUT2D eigenvalue weighted by atomic mass is 9.98. The summed E-state index contributed by atoms with van der Waals surface area (Å²) in [6.45, 7) is 5.03. The Morgan fingerprint density at radius 3 is 2.43 bits per heavy atom. The number of nitrogens with one attached hydrogen (secondary N) is 1. The Balaban J connectivity index is 1.75. The maximum atomic E-state index is 12.1. The number of sulfonamides is 1. The third-order valence-corrected chi connectivity index (χ3v) is 5.92. The van der Waals surface area contributed by atoms with Crippen molar-refractivity contribution in [1.82, 2.24) is 9.62 Å². The summed E-state index contributed by atoms with van der Waals surface area (Å²) in [4.78, 5) is 14.0. The van der Waals surface area contributed by atoms with Gasteiger partial charge in [0.1, 0.15) is 0 Å². The van der Waals surface area contributed by atoms with E-state index in [2.05, 4.69) is 11.6 Å². The minimum atomic E-state index is -3.34. The van der Waals surface area contributed by atoms with Gasteiger partial charge in [-0.15, -0.1) is 0 Å². The lowest BCUT2D eigenvalue weighted by molar-refractivity contribution is -0.134. The number of likely N-dealkylation sites (tertiary alicyclic amines) is 1. The topological polar surface area (TPSA) is 86.7 Å². The third-order valence-electron chi connectivity index (χ3n) is 4.41. The molecule has 1 saturated heterocycles. The van der Waals surface area contributed by atoms with Crippen LogP contribution in [0.15, 0.2) is 0 Å². The van der Waals surface area contributed by atoms with Gasteiger partial charge in [0.05, 0.1) is 11.9 Å². The summed E-state index contributed by atoms with van der Waals surface area (Å²) in [5, 5.41) is 9.13. The number of hydrogen-bond donors (Lipinski definition) is 2. The molecule has 1 heterocycles. The summed E-state index contributed by atoms with van der Waals surface area (Å²) in [5.74, 6) is 1.15. The van der Waals surface area contributed by atoms with Gasteiger partial charge in [-0.3, -0.25) is 4.79 Å². The Hall–Kier alpha value is -0.660. The highest BCUT2D eigenvalue weighted by molar-refractivity contribution is 7.89. The number of piperidine rings is 1. The van der Waals surface area contributed by atoms with E-state index in [1.54, 1.807) is 6.92 Å². The van der Waals surface area contributed by atoms with Crippen LogP contribution in [0.1, 0.15) is 33.1 Å². The Labute approximate surface area is 126 Å². The largest absolute Gasteiger partial charge is 0.392 e. The summed E-state index contributed by atoms with van der Waals surface area (Å²) in [6, 6.07) is 0. The monoisotopic (exact) mass is 318 g/mol. The fourth-order valence-electron chi connectivity index (χ4n) is 2.84. The molecule has 0 spiro atoms. The van der Waals surface area contributed by atoms with Crippen LogP contribution in [-0.2, 0) is 14.8 Å². The number of nitrogens with zero attached hydrogens (tertiary/aromatic N) is 1. The molecule has 21 heavy (non-hydrogen) atoms. The number of carbonyl (C=O) groups excluding carboxylic acids is 1. The van der Waals surface area contributed by atoms with Gasteiger partial charge in [-0.05, 0) is 38.0 Å². The van der Waals surface area contributed by atoms with E-state index in [4.69, 9.17) is 5.11 Å². The molecule has 3 atom stereocenters. The van der Waals surface area contributed by atoms with Gasteiger partial charge in [0.2, 0.25) is 15.9 Å². The minimum absolute atomic E-state index is 0.0548. The molecular weight excluding hydrogens is 292 g/mol. The van der Waals surface area contributed by atoms with E-state index in [1.807, 2.05) is 4.90 Å². The van der Waals surface area contributed by atoms with Crippen LogP contribution < -0.4 is 4.72 Å². The lowest BCUT2D eigenvalue weighted by Crippen LogP contribution is -2.42. The van der Waals surface area contributed by atoms with Gasteiger partial charge in [-0.25, -0.2) is 13.1 Å². The third kappa shape index (κ3) is 4.93. The van der Waals surface area contributed by atoms with Crippen molar-refractivity contribution in [2.45, 2.75) is 39.2 Å². The predicted octanol–water partition coefficient (Wildman–Crippen LogP) is 0.181. The molecule has 6 nitrogen and oxygen atoms in total. The predicted molar refractivity (Wildman–Crippen MR) is 80.0 cm³/mol. The van der Waals surface area contributed by atoms with Gasteiger partial charge in [0, 0.05) is 25.6 Å². The Bertz CT molecular complexity index is 469. The SMILES string of the molecule is CC(O)CNS(=O)(=O)CC1CCN(C(=O)C2CC2C)CC1. The van der Waals surface area contributed by atoms with Crippen molar-refractivity contribution < 1.29 is 18.3 Å². The minimum Gasteiger partial charge on any atom is -0.392 e. The second-order valence-corrected chi connectivity index (χ2v) is 8.42. The van der Waals surface area contributed by atoms with Crippen LogP contribution in [0.4, 0.5) is 0 Å². The normalized spacial score (nSPS) is 28.4. The number of aliphatic hydroxyl groups excluding tert-OH is 1. The van der Waals surface area contributed by atoms with Crippen LogP contribution in [-0.4, -0.2) is 55.8 Å². The lowest BCUT2D eigenvalue weighted by Gasteiger charge is -2.32. The van der Waals surface area contributed by atoms with E-state index in [9.17, 15) is 13.2 Å². The molecule has 1 aliphatic heterocycles. The van der Waals surface area contributed by atoms with Gasteiger partial charge in [-0.2, -0.15) is 0 Å². The van der Waals surface area contributed by atoms with Crippen LogP contribution in [0.5, 0.6) is 0 Å². The second-order valence-electron chi connectivity index (χ2n) is 6.57. The molecule has 1 amide bonds. The molecule has 0 aromatic carbocycles. The summed E-state index contributed by atoms with van der Waals surface area (Å²) in [7, 11) is -3.34. The first-order valence-electron chi connectivity index (χ1n) is 7.72. The summed E-state index contributed by atoms with van der Waals surface area (Å²) < 4.78 is 26.2. The summed E-state index contributed by atoms with van der Waals surface area (Å²) in [5.41, 5.74) is 0. The zero-order valence-corrected chi connectivity index (χ0v) is 13.6. The van der Waals surface area contributed by atoms with Gasteiger partial charge >= 0.3 is 0 Å². The molecule has 2 aliphatic rings. The van der Waals surface area contributed by atoms with Crippen molar-refractivity contribution >= 4 is 15.9 Å². The highest BCUT2D eigenvalue weighted by Crippen LogP contribution is 2.39. The quantitative estimate of drug-likeness (QED) is 0.731. The van der Waals surface area contributed by atoms with E-state index in [-0.39, 0.29) is 30.0 Å². The van der Waals surface area contributed by atoms with E-state index in [0.29, 0.717) is 19.0 Å². The van der Waals surface area contributed by atoms with Crippen molar-refractivity contribution in [3.8, 4) is 0 Å². The molecule has 2 rings (SSSR count). The van der Waals surface area contributed by atoms with Crippen molar-refractivity contribution in [2.75, 3.05) is 25.4 Å². The molecule has 3 unspecified atom stereocenters. The maximum Gasteiger partial charge on any atom is 0.225 e. The number of aliphatic hydroxyl groups is 1. The van der Waals surface area contributed by atoms with Crippen LogP contribution >= 0.6 is 0 Å². The average Bonchev–Trinajstić information content (AvgIpc) is 3.13. The van der Waals surface area contributed by atoms with Crippen LogP contribution in [0, 0.1) is 17.8 Å². The molecule has 7 heteroatoms. The second kappa shape index (κ2) is 6.62. The molecule has 2 N–H and O–H groups in total.